The summed E-state index contributed by atoms with van der Waals surface area (Å²) in [5, 5.41) is 8.06. The molecule has 5 heteroatoms. The van der Waals surface area contributed by atoms with E-state index in [4.69, 9.17) is 4.74 Å². The highest BCUT2D eigenvalue weighted by atomic mass is 79.9. The Kier molecular flexibility index (Phi) is 4.08. The lowest BCUT2D eigenvalue weighted by Gasteiger charge is -2.28. The smallest absolute Gasteiger partial charge is 0.0749 e. The molecule has 2 aromatic rings. The van der Waals surface area contributed by atoms with Crippen LogP contribution in [0.2, 0.25) is 0 Å². The van der Waals surface area contributed by atoms with Gasteiger partial charge in [-0.1, -0.05) is 18.2 Å². The van der Waals surface area contributed by atoms with Crippen LogP contribution in [0.15, 0.2) is 34.9 Å². The molecule has 2 heterocycles. The fraction of sp³-hybridized carbons (Fsp3) is 0.400. The van der Waals surface area contributed by atoms with Gasteiger partial charge in [0.25, 0.3) is 0 Å². The fourth-order valence-corrected chi connectivity index (χ4v) is 3.29. The lowest BCUT2D eigenvalue weighted by Crippen LogP contribution is -2.22. The van der Waals surface area contributed by atoms with Gasteiger partial charge in [0, 0.05) is 12.8 Å². The third-order valence-corrected chi connectivity index (χ3v) is 4.33. The van der Waals surface area contributed by atoms with Crippen LogP contribution in [0.1, 0.15) is 23.7 Å². The van der Waals surface area contributed by atoms with Crippen LogP contribution in [0.25, 0.3) is 0 Å². The van der Waals surface area contributed by atoms with Gasteiger partial charge in [0.05, 0.1) is 35.6 Å². The molecule has 1 aromatic heterocycles. The third-order valence-electron chi connectivity index (χ3n) is 3.72. The normalized spacial score (nSPS) is 17.6. The molecule has 0 radical (unpaired) electrons. The molecule has 0 fully saturated rings. The molecule has 1 aliphatic heterocycles. The van der Waals surface area contributed by atoms with E-state index in [2.05, 4.69) is 50.6 Å². The molecule has 106 valence electrons. The van der Waals surface area contributed by atoms with Crippen LogP contribution < -0.4 is 5.32 Å². The summed E-state index contributed by atoms with van der Waals surface area (Å²) in [5.41, 5.74) is 3.83. The topological polar surface area (TPSA) is 39.1 Å². The maximum Gasteiger partial charge on any atom is 0.0749 e. The standard InChI is InChI=1S/C15H18BrN3O/c1-20-9-8-19-15(12(16)10-17-19)14-7-6-11-4-2-3-5-13(11)18-14/h2-5,10,14,18H,6-9H2,1H3. The number of benzene rings is 1. The summed E-state index contributed by atoms with van der Waals surface area (Å²) in [6.07, 6.45) is 4.04. The molecule has 1 aliphatic rings. The third kappa shape index (κ3) is 2.60. The molecular formula is C15H18BrN3O. The minimum absolute atomic E-state index is 0.290. The first-order valence-electron chi connectivity index (χ1n) is 6.84. The molecule has 1 N–H and O–H groups in total. The molecule has 0 aliphatic carbocycles. The van der Waals surface area contributed by atoms with Crippen molar-refractivity contribution in [2.24, 2.45) is 0 Å². The van der Waals surface area contributed by atoms with Gasteiger partial charge >= 0.3 is 0 Å². The number of nitrogens with zero attached hydrogens (tertiary/aromatic N) is 2. The number of halogens is 1. The van der Waals surface area contributed by atoms with E-state index in [1.165, 1.54) is 16.9 Å². The van der Waals surface area contributed by atoms with Gasteiger partial charge < -0.3 is 10.1 Å². The maximum atomic E-state index is 5.16. The molecule has 0 saturated heterocycles. The SMILES string of the molecule is COCCn1ncc(Br)c1C1CCc2ccccc2N1. The molecular weight excluding hydrogens is 318 g/mol. The number of anilines is 1. The van der Waals surface area contributed by atoms with Gasteiger partial charge in [-0.15, -0.1) is 0 Å². The summed E-state index contributed by atoms with van der Waals surface area (Å²) < 4.78 is 8.24. The predicted octanol–water partition coefficient (Wildman–Crippen LogP) is 3.39. The summed E-state index contributed by atoms with van der Waals surface area (Å²) in [7, 11) is 1.72. The highest BCUT2D eigenvalue weighted by Gasteiger charge is 2.24. The summed E-state index contributed by atoms with van der Waals surface area (Å²) in [5.74, 6) is 0. The van der Waals surface area contributed by atoms with Crippen LogP contribution in [-0.2, 0) is 17.7 Å². The summed E-state index contributed by atoms with van der Waals surface area (Å²) in [6.45, 7) is 1.45. The van der Waals surface area contributed by atoms with Crippen LogP contribution in [0.3, 0.4) is 0 Å². The molecule has 0 bridgehead atoms. The fourth-order valence-electron chi connectivity index (χ4n) is 2.72. The molecule has 1 unspecified atom stereocenters. The van der Waals surface area contributed by atoms with E-state index in [0.29, 0.717) is 12.6 Å². The van der Waals surface area contributed by atoms with Crippen molar-refractivity contribution in [3.8, 4) is 0 Å². The Hall–Kier alpha value is -1.33. The molecule has 0 spiro atoms. The van der Waals surface area contributed by atoms with Crippen molar-refractivity contribution >= 4 is 21.6 Å². The van der Waals surface area contributed by atoms with Crippen molar-refractivity contribution in [2.75, 3.05) is 19.0 Å². The number of para-hydroxylation sites is 1. The minimum Gasteiger partial charge on any atom is -0.383 e. The number of aromatic nitrogens is 2. The Morgan fingerprint density at radius 2 is 2.30 bits per heavy atom. The van der Waals surface area contributed by atoms with Crippen molar-refractivity contribution in [2.45, 2.75) is 25.4 Å². The van der Waals surface area contributed by atoms with E-state index in [0.717, 1.165) is 23.9 Å². The van der Waals surface area contributed by atoms with Gasteiger partial charge in [0.1, 0.15) is 0 Å². The molecule has 0 amide bonds. The number of methoxy groups -OCH3 is 1. The molecule has 4 nitrogen and oxygen atoms in total. The van der Waals surface area contributed by atoms with Gasteiger partial charge in [-0.25, -0.2) is 0 Å². The van der Waals surface area contributed by atoms with E-state index in [9.17, 15) is 0 Å². The number of aryl methyl sites for hydroxylation is 1. The maximum absolute atomic E-state index is 5.16. The van der Waals surface area contributed by atoms with Gasteiger partial charge in [0.15, 0.2) is 0 Å². The number of fused-ring (bicyclic) bond motifs is 1. The molecule has 1 aromatic carbocycles. The van der Waals surface area contributed by atoms with Crippen molar-refractivity contribution in [1.82, 2.24) is 9.78 Å². The Morgan fingerprint density at radius 3 is 3.15 bits per heavy atom. The van der Waals surface area contributed by atoms with Gasteiger partial charge in [0.2, 0.25) is 0 Å². The van der Waals surface area contributed by atoms with E-state index in [1.807, 2.05) is 10.9 Å². The summed E-state index contributed by atoms with van der Waals surface area (Å²) >= 11 is 3.62. The molecule has 3 rings (SSSR count). The number of hydrogen-bond donors (Lipinski definition) is 1. The average Bonchev–Trinajstić information content (AvgIpc) is 2.85. The quantitative estimate of drug-likeness (QED) is 0.930. The van der Waals surface area contributed by atoms with E-state index in [1.54, 1.807) is 7.11 Å². The lowest BCUT2D eigenvalue weighted by molar-refractivity contribution is 0.182. The van der Waals surface area contributed by atoms with Crippen molar-refractivity contribution in [1.29, 1.82) is 0 Å². The van der Waals surface area contributed by atoms with Crippen LogP contribution >= 0.6 is 15.9 Å². The Bertz CT molecular complexity index is 597. The summed E-state index contributed by atoms with van der Waals surface area (Å²) in [4.78, 5) is 0. The van der Waals surface area contributed by atoms with Crippen molar-refractivity contribution < 1.29 is 4.74 Å². The second kappa shape index (κ2) is 5.97. The van der Waals surface area contributed by atoms with E-state index < -0.39 is 0 Å². The minimum atomic E-state index is 0.290. The van der Waals surface area contributed by atoms with Gasteiger partial charge in [-0.2, -0.15) is 5.10 Å². The highest BCUT2D eigenvalue weighted by Crippen LogP contribution is 2.35. The molecule has 20 heavy (non-hydrogen) atoms. The predicted molar refractivity (Wildman–Crippen MR) is 82.9 cm³/mol. The average molecular weight is 336 g/mol. The highest BCUT2D eigenvalue weighted by molar-refractivity contribution is 9.10. The Balaban J connectivity index is 1.86. The zero-order valence-electron chi connectivity index (χ0n) is 11.5. The van der Waals surface area contributed by atoms with Gasteiger partial charge in [-0.3, -0.25) is 4.68 Å². The van der Waals surface area contributed by atoms with Crippen LogP contribution in [0.4, 0.5) is 5.69 Å². The van der Waals surface area contributed by atoms with E-state index in [-0.39, 0.29) is 0 Å². The lowest BCUT2D eigenvalue weighted by atomic mass is 9.96. The van der Waals surface area contributed by atoms with Crippen LogP contribution in [0, 0.1) is 0 Å². The van der Waals surface area contributed by atoms with Crippen LogP contribution in [0.5, 0.6) is 0 Å². The first-order chi connectivity index (χ1) is 9.79. The number of nitrogens with one attached hydrogen (secondary N) is 1. The Morgan fingerprint density at radius 1 is 1.45 bits per heavy atom. The molecule has 0 saturated carbocycles. The number of ether oxygens (including phenoxy) is 1. The van der Waals surface area contributed by atoms with Crippen molar-refractivity contribution in [3.05, 3.63) is 46.2 Å². The van der Waals surface area contributed by atoms with E-state index >= 15 is 0 Å². The van der Waals surface area contributed by atoms with Crippen molar-refractivity contribution in [3.63, 3.8) is 0 Å². The van der Waals surface area contributed by atoms with Crippen LogP contribution in [-0.4, -0.2) is 23.5 Å². The van der Waals surface area contributed by atoms with Gasteiger partial charge in [-0.05, 0) is 40.4 Å². The monoisotopic (exact) mass is 335 g/mol. The zero-order valence-corrected chi connectivity index (χ0v) is 13.1. The second-order valence-corrected chi connectivity index (χ2v) is 5.84. The zero-order chi connectivity index (χ0) is 13.9. The first kappa shape index (κ1) is 13.6. The summed E-state index contributed by atoms with van der Waals surface area (Å²) in [6, 6.07) is 8.80. The largest absolute Gasteiger partial charge is 0.383 e. The Labute approximate surface area is 127 Å². The second-order valence-electron chi connectivity index (χ2n) is 4.99. The number of rotatable bonds is 4. The number of hydrogen-bond acceptors (Lipinski definition) is 3. The first-order valence-corrected chi connectivity index (χ1v) is 7.63. The molecule has 1 atom stereocenters.